The van der Waals surface area contributed by atoms with Gasteiger partial charge >= 0.3 is 0 Å². The molecule has 3 heterocycles. The third-order valence-electron chi connectivity index (χ3n) is 6.85. The number of anilines is 1. The molecule has 190 valence electrons. The van der Waals surface area contributed by atoms with Crippen LogP contribution in [0.5, 0.6) is 17.2 Å². The fourth-order valence-electron chi connectivity index (χ4n) is 4.98. The van der Waals surface area contributed by atoms with E-state index in [2.05, 4.69) is 5.32 Å². The molecular formula is C26H29N3O7. The van der Waals surface area contributed by atoms with Crippen molar-refractivity contribution in [3.05, 3.63) is 48.0 Å². The van der Waals surface area contributed by atoms with Crippen LogP contribution >= 0.6 is 0 Å². The predicted octanol–water partition coefficient (Wildman–Crippen LogP) is 2.05. The number of rotatable bonds is 9. The molecule has 2 atom stereocenters. The summed E-state index contributed by atoms with van der Waals surface area (Å²) in [5, 5.41) is 12.9. The Hall–Kier alpha value is -3.79. The number of nitrogens with one attached hydrogen (secondary N) is 1. The molecule has 3 aliphatic rings. The van der Waals surface area contributed by atoms with E-state index in [0.717, 1.165) is 0 Å². The molecule has 10 nitrogen and oxygen atoms in total. The Morgan fingerprint density at radius 3 is 2.86 bits per heavy atom. The maximum Gasteiger partial charge on any atom is 0.257 e. The standard InChI is InChI=1S/C26H29N3O7/c1-26-11-10-24(32)29(26)20-6-3-2-5-19(20)25(33)28(26)12-4-7-23(31)27-14-17(30)15-34-18-8-9-21-22(13-18)36-16-35-21/h2-3,5-6,8-9,13,17,30H,4,7,10-12,14-16H2,1H3,(H,27,31). The van der Waals surface area contributed by atoms with Gasteiger partial charge in [0.25, 0.3) is 5.91 Å². The fraction of sp³-hybridized carbons (Fsp3) is 0.423. The van der Waals surface area contributed by atoms with E-state index >= 15 is 0 Å². The first-order valence-corrected chi connectivity index (χ1v) is 12.1. The molecule has 2 N–H and O–H groups in total. The third-order valence-corrected chi connectivity index (χ3v) is 6.85. The van der Waals surface area contributed by atoms with Gasteiger partial charge in [-0.1, -0.05) is 12.1 Å². The minimum atomic E-state index is -0.892. The highest BCUT2D eigenvalue weighted by atomic mass is 16.7. The van der Waals surface area contributed by atoms with Gasteiger partial charge in [0.15, 0.2) is 11.5 Å². The summed E-state index contributed by atoms with van der Waals surface area (Å²) in [6.07, 6.45) is 0.651. The van der Waals surface area contributed by atoms with Crippen molar-refractivity contribution in [3.63, 3.8) is 0 Å². The Morgan fingerprint density at radius 2 is 2.00 bits per heavy atom. The summed E-state index contributed by atoms with van der Waals surface area (Å²) in [5.74, 6) is 1.40. The van der Waals surface area contributed by atoms with Gasteiger partial charge in [-0.25, -0.2) is 0 Å². The number of aliphatic hydroxyl groups is 1. The lowest BCUT2D eigenvalue weighted by molar-refractivity contribution is -0.122. The van der Waals surface area contributed by atoms with Gasteiger partial charge in [0.1, 0.15) is 24.1 Å². The Balaban J connectivity index is 1.09. The Bertz CT molecular complexity index is 1190. The zero-order valence-electron chi connectivity index (χ0n) is 20.1. The molecule has 2 unspecified atom stereocenters. The van der Waals surface area contributed by atoms with Crippen molar-refractivity contribution < 1.29 is 33.7 Å². The number of ether oxygens (including phenoxy) is 3. The number of carbonyl (C=O) groups is 3. The quantitative estimate of drug-likeness (QED) is 0.547. The van der Waals surface area contributed by atoms with Crippen molar-refractivity contribution in [1.29, 1.82) is 0 Å². The number of fused-ring (bicyclic) bond motifs is 4. The van der Waals surface area contributed by atoms with Crippen LogP contribution in [-0.2, 0) is 9.59 Å². The summed E-state index contributed by atoms with van der Waals surface area (Å²) >= 11 is 0. The molecular weight excluding hydrogens is 466 g/mol. The first-order chi connectivity index (χ1) is 17.4. The molecule has 1 fully saturated rings. The molecule has 2 aromatic rings. The van der Waals surface area contributed by atoms with E-state index in [9.17, 15) is 19.5 Å². The lowest BCUT2D eigenvalue weighted by atomic mass is 9.98. The van der Waals surface area contributed by atoms with Gasteiger partial charge in [-0.05, 0) is 44.0 Å². The number of aliphatic hydroxyl groups excluding tert-OH is 1. The van der Waals surface area contributed by atoms with Crippen LogP contribution < -0.4 is 24.4 Å². The highest BCUT2D eigenvalue weighted by Gasteiger charge is 2.52. The molecule has 3 aliphatic heterocycles. The largest absolute Gasteiger partial charge is 0.491 e. The number of nitrogens with zero attached hydrogens (tertiary/aromatic N) is 2. The van der Waals surface area contributed by atoms with Gasteiger partial charge in [-0.3, -0.25) is 19.3 Å². The molecule has 0 saturated carbocycles. The summed E-state index contributed by atoms with van der Waals surface area (Å²) < 4.78 is 16.1. The van der Waals surface area contributed by atoms with Crippen LogP contribution in [0.3, 0.4) is 0 Å². The summed E-state index contributed by atoms with van der Waals surface area (Å²) in [4.78, 5) is 41.7. The topological polar surface area (TPSA) is 118 Å². The van der Waals surface area contributed by atoms with Gasteiger partial charge in [0.2, 0.25) is 18.6 Å². The molecule has 0 spiro atoms. The highest BCUT2D eigenvalue weighted by Crippen LogP contribution is 2.44. The molecule has 0 aromatic heterocycles. The lowest BCUT2D eigenvalue weighted by Crippen LogP contribution is -2.62. The summed E-state index contributed by atoms with van der Waals surface area (Å²) in [5.41, 5.74) is 0.417. The van der Waals surface area contributed by atoms with Crippen LogP contribution in [0.25, 0.3) is 0 Å². The first-order valence-electron chi connectivity index (χ1n) is 12.1. The molecule has 0 bridgehead atoms. The van der Waals surface area contributed by atoms with Crippen molar-refractivity contribution in [2.45, 2.75) is 44.4 Å². The molecule has 3 amide bonds. The normalized spacial score (nSPS) is 20.7. The number of carbonyl (C=O) groups excluding carboxylic acids is 3. The highest BCUT2D eigenvalue weighted by molar-refractivity contribution is 6.10. The minimum Gasteiger partial charge on any atom is -0.491 e. The Kier molecular flexibility index (Phi) is 6.44. The smallest absolute Gasteiger partial charge is 0.257 e. The van der Waals surface area contributed by atoms with Crippen molar-refractivity contribution in [1.82, 2.24) is 10.2 Å². The van der Waals surface area contributed by atoms with E-state index in [1.807, 2.05) is 13.0 Å². The monoisotopic (exact) mass is 495 g/mol. The SMILES string of the molecule is CC12CCC(=O)N1c1ccccc1C(=O)N2CCCC(=O)NCC(O)COc1ccc2c(c1)OCO2. The van der Waals surface area contributed by atoms with E-state index in [1.54, 1.807) is 46.2 Å². The first kappa shape index (κ1) is 23.9. The minimum absolute atomic E-state index is 0.00264. The average molecular weight is 496 g/mol. The Labute approximate surface area is 208 Å². The second kappa shape index (κ2) is 9.69. The molecule has 2 aromatic carbocycles. The summed E-state index contributed by atoms with van der Waals surface area (Å²) in [6, 6.07) is 12.3. The van der Waals surface area contributed by atoms with Crippen LogP contribution in [-0.4, -0.2) is 66.0 Å². The van der Waals surface area contributed by atoms with E-state index in [4.69, 9.17) is 14.2 Å². The van der Waals surface area contributed by atoms with Crippen LogP contribution in [0.1, 0.15) is 43.0 Å². The number of hydrogen-bond donors (Lipinski definition) is 2. The molecule has 0 radical (unpaired) electrons. The van der Waals surface area contributed by atoms with E-state index in [0.29, 0.717) is 54.3 Å². The molecule has 10 heteroatoms. The van der Waals surface area contributed by atoms with Gasteiger partial charge < -0.3 is 29.5 Å². The summed E-state index contributed by atoms with van der Waals surface area (Å²) in [7, 11) is 0. The predicted molar refractivity (Wildman–Crippen MR) is 129 cm³/mol. The zero-order valence-corrected chi connectivity index (χ0v) is 20.1. The zero-order chi connectivity index (χ0) is 25.3. The second-order valence-corrected chi connectivity index (χ2v) is 9.31. The lowest BCUT2D eigenvalue weighted by Gasteiger charge is -2.48. The van der Waals surface area contributed by atoms with Crippen LogP contribution in [0.4, 0.5) is 5.69 Å². The summed E-state index contributed by atoms with van der Waals surface area (Å²) in [6.45, 7) is 2.46. The maximum atomic E-state index is 13.2. The Morgan fingerprint density at radius 1 is 1.19 bits per heavy atom. The number of para-hydroxylation sites is 1. The fourth-order valence-corrected chi connectivity index (χ4v) is 4.98. The van der Waals surface area contributed by atoms with Gasteiger partial charge in [-0.2, -0.15) is 0 Å². The van der Waals surface area contributed by atoms with Crippen LogP contribution in [0.15, 0.2) is 42.5 Å². The van der Waals surface area contributed by atoms with Crippen molar-refractivity contribution in [3.8, 4) is 17.2 Å². The van der Waals surface area contributed by atoms with Crippen molar-refractivity contribution >= 4 is 23.4 Å². The molecule has 5 rings (SSSR count). The molecule has 36 heavy (non-hydrogen) atoms. The van der Waals surface area contributed by atoms with E-state index < -0.39 is 11.8 Å². The third kappa shape index (κ3) is 4.44. The van der Waals surface area contributed by atoms with Crippen LogP contribution in [0, 0.1) is 0 Å². The van der Waals surface area contributed by atoms with Crippen LogP contribution in [0.2, 0.25) is 0 Å². The second-order valence-electron chi connectivity index (χ2n) is 9.31. The van der Waals surface area contributed by atoms with Gasteiger partial charge in [0, 0.05) is 32.0 Å². The average Bonchev–Trinajstić information content (AvgIpc) is 3.47. The number of amides is 3. The molecule has 1 saturated heterocycles. The maximum absolute atomic E-state index is 13.2. The van der Waals surface area contributed by atoms with Crippen molar-refractivity contribution in [2.75, 3.05) is 31.4 Å². The number of benzene rings is 2. The van der Waals surface area contributed by atoms with E-state index in [-0.39, 0.29) is 44.1 Å². The molecule has 0 aliphatic carbocycles. The van der Waals surface area contributed by atoms with Gasteiger partial charge in [-0.15, -0.1) is 0 Å². The van der Waals surface area contributed by atoms with Gasteiger partial charge in [0.05, 0.1) is 11.3 Å². The van der Waals surface area contributed by atoms with Crippen molar-refractivity contribution in [2.24, 2.45) is 0 Å². The van der Waals surface area contributed by atoms with E-state index in [1.165, 1.54) is 0 Å². The number of hydrogen-bond acceptors (Lipinski definition) is 7.